The van der Waals surface area contributed by atoms with Crippen LogP contribution in [-0.4, -0.2) is 37.9 Å². The Balaban J connectivity index is 1.81. The summed E-state index contributed by atoms with van der Waals surface area (Å²) in [6.45, 7) is 0.927. The SMILES string of the molecule is COC(=O)C[C@@H](OCc1ccccc1)[C@@H](OCc1ccccc1)[C@H](COCc1ccccc1)N=[N+]=[N-]. The Morgan fingerprint density at radius 1 is 0.806 bits per heavy atom. The van der Waals surface area contributed by atoms with Crippen LogP contribution in [0.2, 0.25) is 0 Å². The summed E-state index contributed by atoms with van der Waals surface area (Å²) in [6, 6.07) is 28.2. The average Bonchev–Trinajstić information content (AvgIpc) is 2.93. The molecule has 8 heteroatoms. The van der Waals surface area contributed by atoms with Crippen molar-refractivity contribution < 1.29 is 23.7 Å². The molecule has 0 N–H and O–H groups in total. The molecule has 0 aliphatic rings. The van der Waals surface area contributed by atoms with Gasteiger partial charge < -0.3 is 18.9 Å². The van der Waals surface area contributed by atoms with Gasteiger partial charge >= 0.3 is 5.97 Å². The number of esters is 1. The Kier molecular flexibility index (Phi) is 11.5. The summed E-state index contributed by atoms with van der Waals surface area (Å²) >= 11 is 0. The van der Waals surface area contributed by atoms with Gasteiger partial charge in [-0.15, -0.1) is 0 Å². The van der Waals surface area contributed by atoms with Crippen molar-refractivity contribution in [1.29, 1.82) is 0 Å². The van der Waals surface area contributed by atoms with Gasteiger partial charge in [-0.05, 0) is 22.2 Å². The maximum atomic E-state index is 12.3. The van der Waals surface area contributed by atoms with E-state index in [0.29, 0.717) is 6.61 Å². The van der Waals surface area contributed by atoms with Gasteiger partial charge in [0, 0.05) is 4.91 Å². The molecule has 0 spiro atoms. The first-order valence-corrected chi connectivity index (χ1v) is 11.7. The lowest BCUT2D eigenvalue weighted by atomic mass is 10.0. The monoisotopic (exact) mass is 489 g/mol. The van der Waals surface area contributed by atoms with Gasteiger partial charge in [0.15, 0.2) is 0 Å². The molecule has 0 bridgehead atoms. The maximum Gasteiger partial charge on any atom is 0.308 e. The number of nitrogens with zero attached hydrogens (tertiary/aromatic N) is 3. The van der Waals surface area contributed by atoms with Crippen LogP contribution in [-0.2, 0) is 43.6 Å². The van der Waals surface area contributed by atoms with Gasteiger partial charge in [-0.2, -0.15) is 0 Å². The minimum absolute atomic E-state index is 0.0705. The Morgan fingerprint density at radius 2 is 1.31 bits per heavy atom. The summed E-state index contributed by atoms with van der Waals surface area (Å²) in [7, 11) is 1.32. The molecule has 0 aliphatic carbocycles. The van der Waals surface area contributed by atoms with Crippen LogP contribution in [0.3, 0.4) is 0 Å². The van der Waals surface area contributed by atoms with E-state index in [1.54, 1.807) is 0 Å². The van der Waals surface area contributed by atoms with Gasteiger partial charge in [0.25, 0.3) is 0 Å². The van der Waals surface area contributed by atoms with Gasteiger partial charge in [-0.1, -0.05) is 96.1 Å². The first-order chi connectivity index (χ1) is 17.7. The summed E-state index contributed by atoms with van der Waals surface area (Å²) in [5.41, 5.74) is 12.2. The normalized spacial score (nSPS) is 13.2. The first-order valence-electron chi connectivity index (χ1n) is 11.7. The minimum Gasteiger partial charge on any atom is -0.469 e. The molecule has 0 aliphatic heterocycles. The van der Waals surface area contributed by atoms with Crippen molar-refractivity contribution in [2.45, 2.75) is 44.5 Å². The van der Waals surface area contributed by atoms with E-state index in [9.17, 15) is 10.3 Å². The number of methoxy groups -OCH3 is 1. The fourth-order valence-corrected chi connectivity index (χ4v) is 3.66. The molecule has 3 atom stereocenters. The van der Waals surface area contributed by atoms with Crippen molar-refractivity contribution in [1.82, 2.24) is 0 Å². The number of hydrogen-bond acceptors (Lipinski definition) is 6. The highest BCUT2D eigenvalue weighted by Gasteiger charge is 2.33. The molecule has 3 rings (SSSR count). The van der Waals surface area contributed by atoms with Crippen LogP contribution in [0, 0.1) is 0 Å². The zero-order chi connectivity index (χ0) is 25.4. The second kappa shape index (κ2) is 15.3. The zero-order valence-corrected chi connectivity index (χ0v) is 20.3. The van der Waals surface area contributed by atoms with E-state index in [2.05, 4.69) is 10.0 Å². The van der Waals surface area contributed by atoms with Crippen molar-refractivity contribution in [3.8, 4) is 0 Å². The highest BCUT2D eigenvalue weighted by Crippen LogP contribution is 2.21. The fourth-order valence-electron chi connectivity index (χ4n) is 3.66. The molecule has 3 aromatic carbocycles. The first kappa shape index (κ1) is 26.9. The minimum atomic E-state index is -0.764. The number of benzene rings is 3. The third kappa shape index (κ3) is 9.17. The number of carbonyl (C=O) groups excluding carboxylic acids is 1. The molecule has 0 amide bonds. The van der Waals surface area contributed by atoms with E-state index in [1.165, 1.54) is 7.11 Å². The van der Waals surface area contributed by atoms with Crippen LogP contribution in [0.25, 0.3) is 10.4 Å². The van der Waals surface area contributed by atoms with E-state index >= 15 is 0 Å². The van der Waals surface area contributed by atoms with Crippen molar-refractivity contribution >= 4 is 5.97 Å². The highest BCUT2D eigenvalue weighted by molar-refractivity contribution is 5.69. The second-order valence-corrected chi connectivity index (χ2v) is 8.15. The third-order valence-corrected chi connectivity index (χ3v) is 5.53. The van der Waals surface area contributed by atoms with Crippen LogP contribution in [0.1, 0.15) is 23.1 Å². The Bertz CT molecular complexity index is 1080. The predicted molar refractivity (Wildman–Crippen MR) is 136 cm³/mol. The molecule has 188 valence electrons. The van der Waals surface area contributed by atoms with Gasteiger partial charge in [0.1, 0.15) is 0 Å². The topological polar surface area (TPSA) is 103 Å². The Morgan fingerprint density at radius 3 is 1.81 bits per heavy atom. The summed E-state index contributed by atoms with van der Waals surface area (Å²) in [6.07, 6.45) is -1.57. The number of azide groups is 1. The lowest BCUT2D eigenvalue weighted by Gasteiger charge is -2.31. The van der Waals surface area contributed by atoms with Crippen LogP contribution in [0.4, 0.5) is 0 Å². The summed E-state index contributed by atoms with van der Waals surface area (Å²) in [5.74, 6) is -0.453. The molecule has 0 heterocycles. The van der Waals surface area contributed by atoms with Crippen molar-refractivity contribution in [2.75, 3.05) is 13.7 Å². The maximum absolute atomic E-state index is 12.3. The lowest BCUT2D eigenvalue weighted by Crippen LogP contribution is -2.43. The smallest absolute Gasteiger partial charge is 0.308 e. The van der Waals surface area contributed by atoms with E-state index in [-0.39, 0.29) is 26.2 Å². The van der Waals surface area contributed by atoms with E-state index in [0.717, 1.165) is 16.7 Å². The fraction of sp³-hybridized carbons (Fsp3) is 0.321. The van der Waals surface area contributed by atoms with E-state index in [4.69, 9.17) is 18.9 Å². The largest absolute Gasteiger partial charge is 0.469 e. The Labute approximate surface area is 211 Å². The number of ether oxygens (including phenoxy) is 4. The molecule has 0 radical (unpaired) electrons. The van der Waals surface area contributed by atoms with Crippen LogP contribution in [0.5, 0.6) is 0 Å². The van der Waals surface area contributed by atoms with Gasteiger partial charge in [-0.3, -0.25) is 4.79 Å². The van der Waals surface area contributed by atoms with Gasteiger partial charge in [-0.25, -0.2) is 0 Å². The third-order valence-electron chi connectivity index (χ3n) is 5.53. The van der Waals surface area contributed by atoms with Gasteiger partial charge in [0.2, 0.25) is 0 Å². The van der Waals surface area contributed by atoms with Crippen molar-refractivity contribution in [3.05, 3.63) is 118 Å². The molecule has 0 unspecified atom stereocenters. The quantitative estimate of drug-likeness (QED) is 0.119. The summed E-state index contributed by atoms with van der Waals surface area (Å²) in [5, 5.41) is 3.98. The Hall–Kier alpha value is -3.68. The molecule has 0 fully saturated rings. The van der Waals surface area contributed by atoms with Crippen molar-refractivity contribution in [3.63, 3.8) is 0 Å². The summed E-state index contributed by atoms with van der Waals surface area (Å²) in [4.78, 5) is 15.3. The average molecular weight is 490 g/mol. The van der Waals surface area contributed by atoms with Crippen LogP contribution < -0.4 is 0 Å². The standard InChI is InChI=1S/C28H31N3O5/c1-33-27(32)17-26(35-19-23-13-7-3-8-14-23)28(36-20-24-15-9-4-10-16-24)25(30-31-29)21-34-18-22-11-5-2-6-12-22/h2-16,25-26,28H,17-21H2,1H3/t25-,26+,28-/m0/s1. The molecular formula is C28H31N3O5. The molecule has 36 heavy (non-hydrogen) atoms. The summed E-state index contributed by atoms with van der Waals surface area (Å²) < 4.78 is 23.3. The van der Waals surface area contributed by atoms with Crippen LogP contribution >= 0.6 is 0 Å². The molecule has 0 aromatic heterocycles. The number of carbonyl (C=O) groups is 1. The lowest BCUT2D eigenvalue weighted by molar-refractivity contribution is -0.152. The predicted octanol–water partition coefficient (Wildman–Crippen LogP) is 5.62. The molecule has 8 nitrogen and oxygen atoms in total. The molecule has 0 saturated heterocycles. The van der Waals surface area contributed by atoms with Gasteiger partial charge in [0.05, 0.1) is 58.2 Å². The molecular weight excluding hydrogens is 458 g/mol. The zero-order valence-electron chi connectivity index (χ0n) is 20.3. The number of rotatable bonds is 15. The highest BCUT2D eigenvalue weighted by atomic mass is 16.6. The second-order valence-electron chi connectivity index (χ2n) is 8.15. The van der Waals surface area contributed by atoms with Crippen molar-refractivity contribution in [2.24, 2.45) is 5.11 Å². The van der Waals surface area contributed by atoms with E-state index < -0.39 is 24.2 Å². The van der Waals surface area contributed by atoms with E-state index in [1.807, 2.05) is 91.0 Å². The van der Waals surface area contributed by atoms with Crippen LogP contribution in [0.15, 0.2) is 96.1 Å². The molecule has 0 saturated carbocycles. The molecule has 3 aromatic rings. The number of hydrogen-bond donors (Lipinski definition) is 0.